The summed E-state index contributed by atoms with van der Waals surface area (Å²) in [4.78, 5) is 13.6. The van der Waals surface area contributed by atoms with Crippen LogP contribution in [0.2, 0.25) is 0 Å². The molecule has 0 aliphatic carbocycles. The quantitative estimate of drug-likeness (QED) is 0.644. The van der Waals surface area contributed by atoms with Crippen LogP contribution in [-0.4, -0.2) is 5.91 Å². The summed E-state index contributed by atoms with van der Waals surface area (Å²) < 4.78 is 0. The van der Waals surface area contributed by atoms with E-state index in [0.29, 0.717) is 28.1 Å². The zero-order valence-corrected chi connectivity index (χ0v) is 15.2. The lowest BCUT2D eigenvalue weighted by atomic mass is 10.2. The summed E-state index contributed by atoms with van der Waals surface area (Å²) in [6, 6.07) is 25.8. The van der Waals surface area contributed by atoms with Gasteiger partial charge in [-0.1, -0.05) is 30.3 Å². The summed E-state index contributed by atoms with van der Waals surface area (Å²) >= 11 is 1.56. The number of anilines is 1. The molecule has 0 radical (unpaired) electrons. The number of amides is 1. The molecule has 0 spiro atoms. The van der Waals surface area contributed by atoms with Crippen molar-refractivity contribution >= 4 is 23.4 Å². The van der Waals surface area contributed by atoms with E-state index >= 15 is 0 Å². The molecule has 3 aromatic rings. The van der Waals surface area contributed by atoms with E-state index in [-0.39, 0.29) is 5.91 Å². The molecule has 1 amide bonds. The molecule has 3 aromatic carbocycles. The third-order valence-electron chi connectivity index (χ3n) is 3.86. The Morgan fingerprint density at radius 1 is 0.889 bits per heavy atom. The summed E-state index contributed by atoms with van der Waals surface area (Å²) in [7, 11) is 0. The highest BCUT2D eigenvalue weighted by Crippen LogP contribution is 2.27. The molecular weight excluding hydrogens is 354 g/mol. The van der Waals surface area contributed by atoms with Gasteiger partial charge < -0.3 is 5.32 Å². The van der Waals surface area contributed by atoms with E-state index in [4.69, 9.17) is 10.5 Å². The SMILES string of the molecule is N#Cc1ccc(CSc2ccccc2C(=O)Nc2cccc(C#N)c2)cc1. The Bertz CT molecular complexity index is 1050. The van der Waals surface area contributed by atoms with Gasteiger partial charge in [0.15, 0.2) is 0 Å². The molecular formula is C22H15N3OS. The first-order valence-electron chi connectivity index (χ1n) is 8.22. The molecule has 0 aliphatic rings. The van der Waals surface area contributed by atoms with Crippen LogP contribution in [0.1, 0.15) is 27.0 Å². The number of thioether (sulfide) groups is 1. The number of rotatable bonds is 5. The molecule has 0 saturated heterocycles. The van der Waals surface area contributed by atoms with E-state index in [9.17, 15) is 4.79 Å². The molecule has 0 atom stereocenters. The first-order valence-corrected chi connectivity index (χ1v) is 9.20. The fourth-order valence-electron chi connectivity index (χ4n) is 2.48. The third kappa shape index (κ3) is 4.76. The zero-order valence-electron chi connectivity index (χ0n) is 14.3. The van der Waals surface area contributed by atoms with E-state index < -0.39 is 0 Å². The van der Waals surface area contributed by atoms with Crippen LogP contribution in [0.3, 0.4) is 0 Å². The van der Waals surface area contributed by atoms with Gasteiger partial charge in [0.2, 0.25) is 0 Å². The van der Waals surface area contributed by atoms with Gasteiger partial charge in [-0.3, -0.25) is 4.79 Å². The number of hydrogen-bond acceptors (Lipinski definition) is 4. The van der Waals surface area contributed by atoms with Crippen LogP contribution in [0, 0.1) is 22.7 Å². The Labute approximate surface area is 162 Å². The fraction of sp³-hybridized carbons (Fsp3) is 0.0455. The van der Waals surface area contributed by atoms with Gasteiger partial charge >= 0.3 is 0 Å². The van der Waals surface area contributed by atoms with Crippen LogP contribution in [0.15, 0.2) is 77.7 Å². The number of nitrogens with one attached hydrogen (secondary N) is 1. The van der Waals surface area contributed by atoms with Crippen LogP contribution in [0.5, 0.6) is 0 Å². The second-order valence-electron chi connectivity index (χ2n) is 5.74. The standard InChI is InChI=1S/C22H15N3OS/c23-13-16-8-10-17(11-9-16)15-27-21-7-2-1-6-20(21)22(26)25-19-5-3-4-18(12-19)14-24/h1-12H,15H2,(H,25,26). The van der Waals surface area contributed by atoms with E-state index in [0.717, 1.165) is 10.5 Å². The van der Waals surface area contributed by atoms with E-state index in [1.807, 2.05) is 30.3 Å². The topological polar surface area (TPSA) is 76.7 Å². The average molecular weight is 369 g/mol. The molecule has 0 fully saturated rings. The highest BCUT2D eigenvalue weighted by Gasteiger charge is 2.12. The van der Waals surface area contributed by atoms with Crippen LogP contribution in [-0.2, 0) is 5.75 Å². The molecule has 1 N–H and O–H groups in total. The maximum atomic E-state index is 12.7. The van der Waals surface area contributed by atoms with Crippen molar-refractivity contribution in [3.8, 4) is 12.1 Å². The minimum atomic E-state index is -0.215. The van der Waals surface area contributed by atoms with Crippen molar-refractivity contribution in [1.82, 2.24) is 0 Å². The van der Waals surface area contributed by atoms with Crippen molar-refractivity contribution in [3.63, 3.8) is 0 Å². The van der Waals surface area contributed by atoms with Crippen molar-refractivity contribution in [2.75, 3.05) is 5.32 Å². The third-order valence-corrected chi connectivity index (χ3v) is 5.00. The monoisotopic (exact) mass is 369 g/mol. The van der Waals surface area contributed by atoms with E-state index in [1.165, 1.54) is 0 Å². The molecule has 4 nitrogen and oxygen atoms in total. The first kappa shape index (κ1) is 18.3. The minimum absolute atomic E-state index is 0.215. The van der Waals surface area contributed by atoms with Gasteiger partial charge in [0.1, 0.15) is 0 Å². The van der Waals surface area contributed by atoms with E-state index in [1.54, 1.807) is 54.2 Å². The van der Waals surface area contributed by atoms with Gasteiger partial charge in [0, 0.05) is 16.3 Å². The predicted molar refractivity (Wildman–Crippen MR) is 106 cm³/mol. The Morgan fingerprint density at radius 2 is 1.63 bits per heavy atom. The van der Waals surface area contributed by atoms with Crippen LogP contribution in [0.4, 0.5) is 5.69 Å². The molecule has 0 saturated carbocycles. The molecule has 27 heavy (non-hydrogen) atoms. The molecule has 0 unspecified atom stereocenters. The summed E-state index contributed by atoms with van der Waals surface area (Å²) in [5, 5.41) is 20.7. The van der Waals surface area contributed by atoms with Crippen LogP contribution < -0.4 is 5.32 Å². The Morgan fingerprint density at radius 3 is 2.37 bits per heavy atom. The lowest BCUT2D eigenvalue weighted by Crippen LogP contribution is -2.13. The highest BCUT2D eigenvalue weighted by molar-refractivity contribution is 7.98. The Balaban J connectivity index is 1.73. The van der Waals surface area contributed by atoms with Gasteiger partial charge in [-0.2, -0.15) is 10.5 Å². The summed E-state index contributed by atoms with van der Waals surface area (Å²) in [6.45, 7) is 0. The highest BCUT2D eigenvalue weighted by atomic mass is 32.2. The van der Waals surface area contributed by atoms with Crippen LogP contribution in [0.25, 0.3) is 0 Å². The van der Waals surface area contributed by atoms with Crippen molar-refractivity contribution in [1.29, 1.82) is 10.5 Å². The van der Waals surface area contributed by atoms with Gasteiger partial charge in [-0.25, -0.2) is 0 Å². The Hall–Kier alpha value is -3.54. The average Bonchev–Trinajstić information content (AvgIpc) is 2.73. The molecule has 0 heterocycles. The second kappa shape index (κ2) is 8.71. The predicted octanol–water partition coefficient (Wildman–Crippen LogP) is 4.97. The maximum absolute atomic E-state index is 12.7. The zero-order chi connectivity index (χ0) is 19.1. The second-order valence-corrected chi connectivity index (χ2v) is 6.76. The lowest BCUT2D eigenvalue weighted by molar-refractivity contribution is 0.102. The number of benzene rings is 3. The van der Waals surface area contributed by atoms with Gasteiger partial charge in [-0.05, 0) is 48.0 Å². The molecule has 0 bridgehead atoms. The van der Waals surface area contributed by atoms with Gasteiger partial charge in [-0.15, -0.1) is 11.8 Å². The molecule has 0 aliphatic heterocycles. The van der Waals surface area contributed by atoms with Crippen molar-refractivity contribution in [2.24, 2.45) is 0 Å². The number of nitrogens with zero attached hydrogens (tertiary/aromatic N) is 2. The lowest BCUT2D eigenvalue weighted by Gasteiger charge is -2.10. The smallest absolute Gasteiger partial charge is 0.256 e. The fourth-order valence-corrected chi connectivity index (χ4v) is 3.49. The van der Waals surface area contributed by atoms with E-state index in [2.05, 4.69) is 17.5 Å². The molecule has 0 aromatic heterocycles. The number of nitriles is 2. The Kier molecular flexibility index (Phi) is 5.89. The molecule has 130 valence electrons. The molecule has 3 rings (SSSR count). The van der Waals surface area contributed by atoms with Crippen molar-refractivity contribution < 1.29 is 4.79 Å². The van der Waals surface area contributed by atoms with Crippen LogP contribution >= 0.6 is 11.8 Å². The minimum Gasteiger partial charge on any atom is -0.322 e. The molecule has 5 heteroatoms. The summed E-state index contributed by atoms with van der Waals surface area (Å²) in [5.41, 5.74) is 3.37. The summed E-state index contributed by atoms with van der Waals surface area (Å²) in [6.07, 6.45) is 0. The number of carbonyl (C=O) groups excluding carboxylic acids is 1. The summed E-state index contributed by atoms with van der Waals surface area (Å²) in [5.74, 6) is 0.480. The normalized spacial score (nSPS) is 9.85. The first-order chi connectivity index (χ1) is 13.2. The maximum Gasteiger partial charge on any atom is 0.256 e. The van der Waals surface area contributed by atoms with Crippen molar-refractivity contribution in [3.05, 3.63) is 95.1 Å². The number of carbonyl (C=O) groups is 1. The van der Waals surface area contributed by atoms with Crippen molar-refractivity contribution in [2.45, 2.75) is 10.6 Å². The number of hydrogen-bond donors (Lipinski definition) is 1. The largest absolute Gasteiger partial charge is 0.322 e. The van der Waals surface area contributed by atoms with Gasteiger partial charge in [0.05, 0.1) is 28.8 Å². The van der Waals surface area contributed by atoms with Gasteiger partial charge in [0.25, 0.3) is 5.91 Å².